The van der Waals surface area contributed by atoms with Crippen molar-refractivity contribution in [3.63, 3.8) is 0 Å². The molecule has 0 aliphatic carbocycles. The van der Waals surface area contributed by atoms with E-state index in [0.29, 0.717) is 12.1 Å². The molecule has 120 valence electrons. The maximum absolute atomic E-state index is 12.1. The first-order valence-electron chi connectivity index (χ1n) is 7.78. The van der Waals surface area contributed by atoms with Crippen LogP contribution in [0.1, 0.15) is 40.5 Å². The number of rotatable bonds is 9. The topological polar surface area (TPSA) is 76.2 Å². The number of hydrogen-bond acceptors (Lipinski definition) is 4. The fourth-order valence-corrected chi connectivity index (χ4v) is 2.24. The monoisotopic (exact) mass is 295 g/mol. The Morgan fingerprint density at radius 3 is 2.67 bits per heavy atom. The highest BCUT2D eigenvalue weighted by atomic mass is 16.2. The first-order valence-corrected chi connectivity index (χ1v) is 7.78. The molecule has 1 rings (SSSR count). The van der Waals surface area contributed by atoms with Crippen molar-refractivity contribution in [3.8, 4) is 0 Å². The molecule has 0 saturated heterocycles. The molecule has 1 aromatic heterocycles. The van der Waals surface area contributed by atoms with E-state index in [1.165, 1.54) is 0 Å². The molecule has 6 nitrogen and oxygen atoms in total. The molecule has 21 heavy (non-hydrogen) atoms. The summed E-state index contributed by atoms with van der Waals surface area (Å²) in [6, 6.07) is 0. The van der Waals surface area contributed by atoms with Gasteiger partial charge in [-0.05, 0) is 26.4 Å². The number of carbonyl (C=O) groups excluding carboxylic acids is 1. The van der Waals surface area contributed by atoms with Crippen molar-refractivity contribution in [1.82, 2.24) is 14.7 Å². The number of amides is 1. The summed E-state index contributed by atoms with van der Waals surface area (Å²) in [6.45, 7) is 11.9. The first-order chi connectivity index (χ1) is 9.92. The van der Waals surface area contributed by atoms with E-state index in [4.69, 9.17) is 5.73 Å². The molecular formula is C15H29N5O. The zero-order valence-electron chi connectivity index (χ0n) is 13.7. The number of carbonyl (C=O) groups is 1. The molecular weight excluding hydrogens is 266 g/mol. The van der Waals surface area contributed by atoms with Crippen molar-refractivity contribution < 1.29 is 4.79 Å². The fourth-order valence-electron chi connectivity index (χ4n) is 2.24. The van der Waals surface area contributed by atoms with Crippen LogP contribution in [0.4, 0.5) is 5.69 Å². The van der Waals surface area contributed by atoms with Crippen LogP contribution in [0.3, 0.4) is 0 Å². The van der Waals surface area contributed by atoms with E-state index in [2.05, 4.69) is 29.2 Å². The van der Waals surface area contributed by atoms with Crippen LogP contribution in [0.2, 0.25) is 0 Å². The fraction of sp³-hybridized carbons (Fsp3) is 0.733. The minimum atomic E-state index is -0.835. The minimum Gasteiger partial charge on any atom is -0.322 e. The molecule has 6 heteroatoms. The summed E-state index contributed by atoms with van der Waals surface area (Å²) in [5.74, 6) is -0.160. The van der Waals surface area contributed by atoms with Gasteiger partial charge < -0.3 is 16.0 Å². The molecule has 0 fully saturated rings. The van der Waals surface area contributed by atoms with Gasteiger partial charge in [0.2, 0.25) is 5.91 Å². The van der Waals surface area contributed by atoms with Gasteiger partial charge in [0.15, 0.2) is 0 Å². The summed E-state index contributed by atoms with van der Waals surface area (Å²) in [7, 11) is 0. The van der Waals surface area contributed by atoms with E-state index in [-0.39, 0.29) is 5.91 Å². The van der Waals surface area contributed by atoms with E-state index in [1.807, 2.05) is 17.8 Å². The van der Waals surface area contributed by atoms with E-state index < -0.39 is 5.54 Å². The average Bonchev–Trinajstić information content (AvgIpc) is 2.87. The lowest BCUT2D eigenvalue weighted by molar-refractivity contribution is -0.120. The second-order valence-electron chi connectivity index (χ2n) is 5.64. The standard InChI is InChI=1S/C15H29N5O/c1-5-8-15(4,16)14(21)18-13-11-17-20(12-13)10-9-19(6-2)7-3/h11-12H,5-10,16H2,1-4H3,(H,18,21). The highest BCUT2D eigenvalue weighted by Crippen LogP contribution is 2.13. The summed E-state index contributed by atoms with van der Waals surface area (Å²) < 4.78 is 1.85. The molecule has 0 bridgehead atoms. The van der Waals surface area contributed by atoms with Gasteiger partial charge >= 0.3 is 0 Å². The molecule has 0 radical (unpaired) electrons. The summed E-state index contributed by atoms with van der Waals surface area (Å²) >= 11 is 0. The van der Waals surface area contributed by atoms with Crippen molar-refractivity contribution >= 4 is 11.6 Å². The molecule has 0 spiro atoms. The van der Waals surface area contributed by atoms with Crippen LogP contribution >= 0.6 is 0 Å². The van der Waals surface area contributed by atoms with Crippen molar-refractivity contribution in [3.05, 3.63) is 12.4 Å². The normalized spacial score (nSPS) is 14.2. The van der Waals surface area contributed by atoms with Crippen molar-refractivity contribution in [2.24, 2.45) is 5.73 Å². The second-order valence-corrected chi connectivity index (χ2v) is 5.64. The molecule has 0 aromatic carbocycles. The highest BCUT2D eigenvalue weighted by Gasteiger charge is 2.27. The Hall–Kier alpha value is -1.40. The summed E-state index contributed by atoms with van der Waals surface area (Å²) in [4.78, 5) is 14.4. The number of nitrogens with zero attached hydrogens (tertiary/aromatic N) is 3. The van der Waals surface area contributed by atoms with E-state index >= 15 is 0 Å². The van der Waals surface area contributed by atoms with Crippen molar-refractivity contribution in [2.45, 2.75) is 52.6 Å². The number of nitrogens with two attached hydrogens (primary N) is 1. The Balaban J connectivity index is 2.53. The number of aromatic nitrogens is 2. The largest absolute Gasteiger partial charge is 0.322 e. The van der Waals surface area contributed by atoms with E-state index in [1.54, 1.807) is 13.1 Å². The van der Waals surface area contributed by atoms with Gasteiger partial charge in [0.25, 0.3) is 0 Å². The van der Waals surface area contributed by atoms with E-state index in [9.17, 15) is 4.79 Å². The van der Waals surface area contributed by atoms with Gasteiger partial charge in [-0.25, -0.2) is 0 Å². The molecule has 1 amide bonds. The zero-order chi connectivity index (χ0) is 15.9. The van der Waals surface area contributed by atoms with Crippen LogP contribution in [-0.2, 0) is 11.3 Å². The Labute approximate surface area is 127 Å². The van der Waals surface area contributed by atoms with Crippen molar-refractivity contribution in [2.75, 3.05) is 25.0 Å². The summed E-state index contributed by atoms with van der Waals surface area (Å²) in [5.41, 5.74) is 5.88. The first kappa shape index (κ1) is 17.7. The van der Waals surface area contributed by atoms with Crippen LogP contribution in [-0.4, -0.2) is 45.8 Å². The van der Waals surface area contributed by atoms with Gasteiger partial charge in [-0.2, -0.15) is 5.10 Å². The van der Waals surface area contributed by atoms with Crippen LogP contribution in [0.15, 0.2) is 12.4 Å². The highest BCUT2D eigenvalue weighted by molar-refractivity contribution is 5.97. The Kier molecular flexibility index (Phi) is 6.84. The molecule has 1 heterocycles. The predicted octanol–water partition coefficient (Wildman–Crippen LogP) is 1.68. The van der Waals surface area contributed by atoms with Crippen LogP contribution in [0.5, 0.6) is 0 Å². The SMILES string of the molecule is CCCC(C)(N)C(=O)Nc1cnn(CCN(CC)CC)c1. The number of anilines is 1. The molecule has 0 aliphatic heterocycles. The maximum Gasteiger partial charge on any atom is 0.244 e. The van der Waals surface area contributed by atoms with Gasteiger partial charge in [0, 0.05) is 12.7 Å². The van der Waals surface area contributed by atoms with Crippen LogP contribution < -0.4 is 11.1 Å². The van der Waals surface area contributed by atoms with Gasteiger partial charge in [-0.15, -0.1) is 0 Å². The third kappa shape index (κ3) is 5.47. The van der Waals surface area contributed by atoms with Gasteiger partial charge in [-0.1, -0.05) is 27.2 Å². The summed E-state index contributed by atoms with van der Waals surface area (Å²) in [6.07, 6.45) is 5.06. The van der Waals surface area contributed by atoms with Crippen LogP contribution in [0, 0.1) is 0 Å². The minimum absolute atomic E-state index is 0.160. The lowest BCUT2D eigenvalue weighted by Crippen LogP contribution is -2.48. The zero-order valence-corrected chi connectivity index (χ0v) is 13.7. The maximum atomic E-state index is 12.1. The molecule has 1 unspecified atom stereocenters. The molecule has 0 saturated carbocycles. The summed E-state index contributed by atoms with van der Waals surface area (Å²) in [5, 5.41) is 7.11. The Morgan fingerprint density at radius 2 is 2.10 bits per heavy atom. The Bertz CT molecular complexity index is 437. The van der Waals surface area contributed by atoms with Crippen LogP contribution in [0.25, 0.3) is 0 Å². The third-order valence-electron chi connectivity index (χ3n) is 3.72. The lowest BCUT2D eigenvalue weighted by Gasteiger charge is -2.22. The third-order valence-corrected chi connectivity index (χ3v) is 3.72. The van der Waals surface area contributed by atoms with Gasteiger partial charge in [-0.3, -0.25) is 9.48 Å². The molecule has 0 aliphatic rings. The second kappa shape index (κ2) is 8.14. The molecule has 1 aromatic rings. The number of hydrogen-bond donors (Lipinski definition) is 2. The molecule has 3 N–H and O–H groups in total. The average molecular weight is 295 g/mol. The van der Waals surface area contributed by atoms with Gasteiger partial charge in [0.05, 0.1) is 24.0 Å². The predicted molar refractivity (Wildman–Crippen MR) is 86.1 cm³/mol. The van der Waals surface area contributed by atoms with Gasteiger partial charge in [0.1, 0.15) is 0 Å². The number of likely N-dealkylation sites (N-methyl/N-ethyl adjacent to an activating group) is 1. The molecule has 1 atom stereocenters. The smallest absolute Gasteiger partial charge is 0.244 e. The number of nitrogens with one attached hydrogen (secondary N) is 1. The van der Waals surface area contributed by atoms with E-state index in [0.717, 1.165) is 32.6 Å². The van der Waals surface area contributed by atoms with Crippen molar-refractivity contribution in [1.29, 1.82) is 0 Å². The quantitative estimate of drug-likeness (QED) is 0.727. The Morgan fingerprint density at radius 1 is 1.43 bits per heavy atom. The lowest BCUT2D eigenvalue weighted by atomic mass is 9.96.